The number of para-hydroxylation sites is 2. The lowest BCUT2D eigenvalue weighted by molar-refractivity contribution is 0.122. The molecule has 180 valence electrons. The second-order valence-electron chi connectivity index (χ2n) is 7.29. The standard InChI is InChI=1S/C22H25FN6O4S/c1-32-20-12-15(29-8-10-33-11-9-29)6-7-19(20)27-22-24-13-16(23)21(28-22)26-18-5-3-2-4-17(18)25-14-34(30)31/h2-7,12-13,25H,8-11,14H2,1H3,(H,30,31)(H2,24,26,27,28)/p-1. The SMILES string of the molecule is COc1cc(N2CCOCC2)ccc1Nc1ncc(F)c(Nc2ccccc2NCS(=O)[O-])n1. The van der Waals surface area contributed by atoms with E-state index in [1.807, 2.05) is 18.2 Å². The maximum atomic E-state index is 14.5. The molecule has 0 radical (unpaired) electrons. The van der Waals surface area contributed by atoms with E-state index >= 15 is 0 Å². The van der Waals surface area contributed by atoms with Crippen LogP contribution in [-0.2, 0) is 15.8 Å². The first-order chi connectivity index (χ1) is 16.5. The lowest BCUT2D eigenvalue weighted by Gasteiger charge is -2.29. The number of hydrogen-bond acceptors (Lipinski definition) is 10. The molecule has 3 aromatic rings. The number of nitrogens with zero attached hydrogens (tertiary/aromatic N) is 3. The Balaban J connectivity index is 1.53. The van der Waals surface area contributed by atoms with E-state index in [0.717, 1.165) is 25.0 Å². The Kier molecular flexibility index (Phi) is 7.72. The Hall–Kier alpha value is -3.48. The van der Waals surface area contributed by atoms with Crippen LogP contribution < -0.4 is 25.6 Å². The van der Waals surface area contributed by atoms with E-state index in [9.17, 15) is 13.2 Å². The molecule has 1 aliphatic heterocycles. The van der Waals surface area contributed by atoms with E-state index in [1.165, 1.54) is 0 Å². The highest BCUT2D eigenvalue weighted by Gasteiger charge is 2.15. The van der Waals surface area contributed by atoms with Crippen LogP contribution in [0, 0.1) is 5.82 Å². The van der Waals surface area contributed by atoms with Gasteiger partial charge in [0.2, 0.25) is 5.95 Å². The number of benzene rings is 2. The van der Waals surface area contributed by atoms with Crippen LogP contribution in [0.3, 0.4) is 0 Å². The third kappa shape index (κ3) is 5.90. The Morgan fingerprint density at radius 3 is 2.65 bits per heavy atom. The van der Waals surface area contributed by atoms with Gasteiger partial charge in [-0.15, -0.1) is 0 Å². The van der Waals surface area contributed by atoms with Crippen molar-refractivity contribution in [3.8, 4) is 5.75 Å². The number of ether oxygens (including phenoxy) is 2. The lowest BCUT2D eigenvalue weighted by Crippen LogP contribution is -2.36. The van der Waals surface area contributed by atoms with Gasteiger partial charge < -0.3 is 34.9 Å². The van der Waals surface area contributed by atoms with Gasteiger partial charge in [-0.05, 0) is 35.3 Å². The third-order valence-electron chi connectivity index (χ3n) is 5.11. The summed E-state index contributed by atoms with van der Waals surface area (Å²) in [5.74, 6) is -0.266. The molecule has 3 N–H and O–H groups in total. The summed E-state index contributed by atoms with van der Waals surface area (Å²) in [7, 11) is 1.57. The van der Waals surface area contributed by atoms with E-state index in [1.54, 1.807) is 31.4 Å². The zero-order chi connectivity index (χ0) is 23.9. The predicted octanol–water partition coefficient (Wildman–Crippen LogP) is 3.20. The maximum absolute atomic E-state index is 14.5. The van der Waals surface area contributed by atoms with E-state index in [-0.39, 0.29) is 17.6 Å². The summed E-state index contributed by atoms with van der Waals surface area (Å²) in [5.41, 5.74) is 2.58. The molecule has 1 fully saturated rings. The van der Waals surface area contributed by atoms with E-state index in [2.05, 4.69) is 30.8 Å². The number of nitrogens with one attached hydrogen (secondary N) is 3. The lowest BCUT2D eigenvalue weighted by atomic mass is 10.2. The average Bonchev–Trinajstić information content (AvgIpc) is 2.86. The third-order valence-corrected chi connectivity index (χ3v) is 5.49. The fourth-order valence-corrected chi connectivity index (χ4v) is 3.72. The van der Waals surface area contributed by atoms with Crippen LogP contribution in [0.4, 0.5) is 38.9 Å². The molecule has 0 amide bonds. The van der Waals surface area contributed by atoms with Crippen LogP contribution in [0.2, 0.25) is 0 Å². The van der Waals surface area contributed by atoms with Crippen molar-refractivity contribution in [2.24, 2.45) is 0 Å². The molecule has 4 rings (SSSR count). The smallest absolute Gasteiger partial charge is 0.229 e. The summed E-state index contributed by atoms with van der Waals surface area (Å²) in [5, 5.41) is 8.73. The Bertz CT molecular complexity index is 1160. The monoisotopic (exact) mass is 487 g/mol. The van der Waals surface area contributed by atoms with Crippen molar-refractivity contribution in [3.63, 3.8) is 0 Å². The molecule has 34 heavy (non-hydrogen) atoms. The maximum Gasteiger partial charge on any atom is 0.229 e. The second kappa shape index (κ2) is 11.1. The fraction of sp³-hybridized carbons (Fsp3) is 0.273. The van der Waals surface area contributed by atoms with Crippen LogP contribution in [-0.4, -0.2) is 58.0 Å². The van der Waals surface area contributed by atoms with Crippen molar-refractivity contribution in [1.29, 1.82) is 0 Å². The first-order valence-electron chi connectivity index (χ1n) is 10.5. The van der Waals surface area contributed by atoms with E-state index in [0.29, 0.717) is 36.0 Å². The highest BCUT2D eigenvalue weighted by molar-refractivity contribution is 7.79. The molecule has 2 heterocycles. The molecule has 1 unspecified atom stereocenters. The topological polar surface area (TPSA) is 124 Å². The number of methoxy groups -OCH3 is 1. The largest absolute Gasteiger partial charge is 0.771 e. The average molecular weight is 488 g/mol. The molecule has 10 nitrogen and oxygen atoms in total. The van der Waals surface area contributed by atoms with Gasteiger partial charge in [-0.2, -0.15) is 4.98 Å². The number of anilines is 6. The van der Waals surface area contributed by atoms with Gasteiger partial charge in [0.15, 0.2) is 11.6 Å². The summed E-state index contributed by atoms with van der Waals surface area (Å²) < 4.78 is 47.2. The molecule has 1 aliphatic rings. The summed E-state index contributed by atoms with van der Waals surface area (Å²) in [6.45, 7) is 2.95. The molecule has 2 aromatic carbocycles. The highest BCUT2D eigenvalue weighted by atomic mass is 32.2. The first-order valence-corrected chi connectivity index (χ1v) is 11.7. The summed E-state index contributed by atoms with van der Waals surface area (Å²) in [6.07, 6.45) is 1.05. The van der Waals surface area contributed by atoms with Crippen molar-refractivity contribution in [2.45, 2.75) is 0 Å². The zero-order valence-electron chi connectivity index (χ0n) is 18.4. The van der Waals surface area contributed by atoms with Gasteiger partial charge in [-0.25, -0.2) is 9.37 Å². The minimum Gasteiger partial charge on any atom is -0.771 e. The Morgan fingerprint density at radius 1 is 1.15 bits per heavy atom. The summed E-state index contributed by atoms with van der Waals surface area (Å²) >= 11 is -2.28. The molecular weight excluding hydrogens is 463 g/mol. The van der Waals surface area contributed by atoms with Crippen molar-refractivity contribution in [3.05, 3.63) is 54.5 Å². The van der Waals surface area contributed by atoms with Gasteiger partial charge in [0.1, 0.15) is 5.75 Å². The minimum absolute atomic E-state index is 0.0705. The fourth-order valence-electron chi connectivity index (χ4n) is 3.45. The molecule has 1 aromatic heterocycles. The number of hydrogen-bond donors (Lipinski definition) is 3. The Morgan fingerprint density at radius 2 is 1.91 bits per heavy atom. The Labute approximate surface area is 198 Å². The minimum atomic E-state index is -2.28. The number of morpholine rings is 1. The van der Waals surface area contributed by atoms with Gasteiger partial charge in [0.25, 0.3) is 0 Å². The molecule has 12 heteroatoms. The zero-order valence-corrected chi connectivity index (χ0v) is 19.2. The molecular formula is C22H24FN6O4S-. The van der Waals surface area contributed by atoms with E-state index in [4.69, 9.17) is 9.47 Å². The second-order valence-corrected chi connectivity index (χ2v) is 8.19. The first kappa shape index (κ1) is 23.7. The molecule has 0 bridgehead atoms. The number of halogens is 1. The number of rotatable bonds is 9. The van der Waals surface area contributed by atoms with Gasteiger partial charge in [0.05, 0.1) is 49.5 Å². The van der Waals surface area contributed by atoms with Gasteiger partial charge in [-0.1, -0.05) is 12.1 Å². The normalized spacial score (nSPS) is 14.4. The summed E-state index contributed by atoms with van der Waals surface area (Å²) in [4.78, 5) is 10.5. The van der Waals surface area contributed by atoms with Crippen LogP contribution in [0.1, 0.15) is 0 Å². The van der Waals surface area contributed by atoms with Gasteiger partial charge in [-0.3, -0.25) is 4.21 Å². The van der Waals surface area contributed by atoms with Crippen LogP contribution >= 0.6 is 0 Å². The predicted molar refractivity (Wildman–Crippen MR) is 128 cm³/mol. The van der Waals surface area contributed by atoms with Crippen molar-refractivity contribution in [2.75, 3.05) is 60.1 Å². The van der Waals surface area contributed by atoms with Crippen LogP contribution in [0.5, 0.6) is 5.75 Å². The van der Waals surface area contributed by atoms with Gasteiger partial charge in [0, 0.05) is 24.8 Å². The quantitative estimate of drug-likeness (QED) is 0.388. The number of aromatic nitrogens is 2. The van der Waals surface area contributed by atoms with Gasteiger partial charge >= 0.3 is 0 Å². The van der Waals surface area contributed by atoms with Crippen molar-refractivity contribution in [1.82, 2.24) is 9.97 Å². The molecule has 1 saturated heterocycles. The summed E-state index contributed by atoms with van der Waals surface area (Å²) in [6, 6.07) is 12.6. The molecule has 0 aliphatic carbocycles. The molecule has 1 atom stereocenters. The van der Waals surface area contributed by atoms with Crippen LogP contribution in [0.25, 0.3) is 0 Å². The highest BCUT2D eigenvalue weighted by Crippen LogP contribution is 2.32. The molecule has 0 spiro atoms. The van der Waals surface area contributed by atoms with Crippen LogP contribution in [0.15, 0.2) is 48.7 Å². The molecule has 0 saturated carbocycles. The van der Waals surface area contributed by atoms with E-state index < -0.39 is 16.9 Å². The van der Waals surface area contributed by atoms with Crippen molar-refractivity contribution < 1.29 is 22.6 Å². The van der Waals surface area contributed by atoms with Crippen molar-refractivity contribution >= 4 is 45.6 Å².